The predicted molar refractivity (Wildman–Crippen MR) is 138 cm³/mol. The van der Waals surface area contributed by atoms with Crippen LogP contribution in [0.1, 0.15) is 0 Å². The molecule has 0 saturated heterocycles. The van der Waals surface area contributed by atoms with E-state index in [0.717, 1.165) is 4.47 Å². The third-order valence-electron chi connectivity index (χ3n) is 6.12. The summed E-state index contributed by atoms with van der Waals surface area (Å²) in [5.74, 6) is 0. The minimum Gasteiger partial charge on any atom is -0.0616 e. The van der Waals surface area contributed by atoms with Crippen LogP contribution in [-0.2, 0) is 0 Å². The van der Waals surface area contributed by atoms with Gasteiger partial charge in [-0.2, -0.15) is 0 Å². The maximum atomic E-state index is 3.89. The number of hydrogen-bond acceptors (Lipinski definition) is 0. The van der Waals surface area contributed by atoms with Crippen molar-refractivity contribution in [3.05, 3.63) is 120 Å². The average molecular weight is 459 g/mol. The fourth-order valence-corrected chi connectivity index (χ4v) is 5.18. The topological polar surface area (TPSA) is 0 Å². The van der Waals surface area contributed by atoms with Gasteiger partial charge in [0.2, 0.25) is 0 Å². The van der Waals surface area contributed by atoms with Gasteiger partial charge < -0.3 is 0 Å². The van der Waals surface area contributed by atoms with Crippen molar-refractivity contribution in [3.63, 3.8) is 0 Å². The van der Waals surface area contributed by atoms with Crippen LogP contribution in [0.25, 0.3) is 54.6 Å². The smallest absolute Gasteiger partial charge is 0.0260 e. The molecule has 0 radical (unpaired) electrons. The van der Waals surface area contributed by atoms with Crippen molar-refractivity contribution in [3.8, 4) is 22.3 Å². The largest absolute Gasteiger partial charge is 0.0616 e. The number of hydrogen-bond donors (Lipinski definition) is 0. The molecule has 6 aromatic carbocycles. The highest BCUT2D eigenvalue weighted by atomic mass is 79.9. The third kappa shape index (κ3) is 3.05. The highest BCUT2D eigenvalue weighted by molar-refractivity contribution is 9.10. The molecule has 0 amide bonds. The van der Waals surface area contributed by atoms with Crippen LogP contribution in [0.5, 0.6) is 0 Å². The second-order valence-corrected chi connectivity index (χ2v) is 8.77. The van der Waals surface area contributed by atoms with Crippen LogP contribution in [0.15, 0.2) is 120 Å². The van der Waals surface area contributed by atoms with E-state index in [0.29, 0.717) is 0 Å². The van der Waals surface area contributed by atoms with Gasteiger partial charge in [-0.25, -0.2) is 0 Å². The fraction of sp³-hybridized carbons (Fsp3) is 0. The first-order valence-corrected chi connectivity index (χ1v) is 11.3. The molecule has 1 heteroatoms. The molecule has 6 aromatic rings. The molecule has 0 saturated carbocycles. The van der Waals surface area contributed by atoms with Crippen molar-refractivity contribution < 1.29 is 0 Å². The Morgan fingerprint density at radius 1 is 0.419 bits per heavy atom. The zero-order chi connectivity index (χ0) is 20.8. The zero-order valence-electron chi connectivity index (χ0n) is 16.8. The molecular weight excluding hydrogens is 440 g/mol. The van der Waals surface area contributed by atoms with Gasteiger partial charge in [0.25, 0.3) is 0 Å². The van der Waals surface area contributed by atoms with Gasteiger partial charge in [-0.1, -0.05) is 119 Å². The second kappa shape index (κ2) is 7.37. The molecule has 0 bridgehead atoms. The van der Waals surface area contributed by atoms with Crippen LogP contribution in [0.3, 0.4) is 0 Å². The Balaban J connectivity index is 1.76. The lowest BCUT2D eigenvalue weighted by atomic mass is 9.87. The van der Waals surface area contributed by atoms with E-state index >= 15 is 0 Å². The molecular formula is C30H19Br. The van der Waals surface area contributed by atoms with Crippen molar-refractivity contribution in [1.29, 1.82) is 0 Å². The Labute approximate surface area is 189 Å². The quantitative estimate of drug-likeness (QED) is 0.242. The van der Waals surface area contributed by atoms with Crippen molar-refractivity contribution >= 4 is 48.2 Å². The molecule has 0 aliphatic heterocycles. The van der Waals surface area contributed by atoms with Crippen LogP contribution in [0, 0.1) is 0 Å². The molecule has 146 valence electrons. The van der Waals surface area contributed by atoms with Crippen LogP contribution in [0.4, 0.5) is 0 Å². The first-order chi connectivity index (χ1) is 15.3. The van der Waals surface area contributed by atoms with Crippen molar-refractivity contribution in [2.24, 2.45) is 0 Å². The number of fused-ring (bicyclic) bond motifs is 3. The molecule has 31 heavy (non-hydrogen) atoms. The Kier molecular flexibility index (Phi) is 4.36. The van der Waals surface area contributed by atoms with Crippen LogP contribution in [-0.4, -0.2) is 0 Å². The maximum Gasteiger partial charge on any atom is 0.0260 e. The first-order valence-electron chi connectivity index (χ1n) is 10.5. The maximum absolute atomic E-state index is 3.89. The molecule has 6 rings (SSSR count). The van der Waals surface area contributed by atoms with Crippen LogP contribution in [0.2, 0.25) is 0 Å². The number of benzene rings is 6. The summed E-state index contributed by atoms with van der Waals surface area (Å²) in [5, 5.41) is 7.55. The van der Waals surface area contributed by atoms with E-state index in [1.807, 2.05) is 0 Å². The fourth-order valence-electron chi connectivity index (χ4n) is 4.64. The molecule has 0 heterocycles. The summed E-state index contributed by atoms with van der Waals surface area (Å²) in [7, 11) is 0. The third-order valence-corrected chi connectivity index (χ3v) is 6.78. The number of halogens is 1. The van der Waals surface area contributed by atoms with Crippen molar-refractivity contribution in [2.45, 2.75) is 0 Å². The summed E-state index contributed by atoms with van der Waals surface area (Å²) in [4.78, 5) is 0. The molecule has 0 fully saturated rings. The summed E-state index contributed by atoms with van der Waals surface area (Å²) in [5.41, 5.74) is 5.01. The summed E-state index contributed by atoms with van der Waals surface area (Å²) in [6, 6.07) is 41.5. The lowest BCUT2D eigenvalue weighted by Crippen LogP contribution is -1.91. The van der Waals surface area contributed by atoms with Crippen molar-refractivity contribution in [1.82, 2.24) is 0 Å². The van der Waals surface area contributed by atoms with E-state index in [2.05, 4.69) is 131 Å². The highest BCUT2D eigenvalue weighted by Gasteiger charge is 2.17. The van der Waals surface area contributed by atoms with Gasteiger partial charge in [0.05, 0.1) is 0 Å². The molecule has 0 aliphatic rings. The zero-order valence-corrected chi connectivity index (χ0v) is 18.4. The standard InChI is InChI=1S/C30H19Br/c31-28-18-16-22-9-4-6-12-26(22)30(28)29-25-11-5-3-8-21(25)15-17-27(29)24-14-13-20-7-1-2-10-23(20)19-24/h1-19H. The lowest BCUT2D eigenvalue weighted by molar-refractivity contribution is 1.62. The Hall–Kier alpha value is -3.42. The average Bonchev–Trinajstić information content (AvgIpc) is 2.83. The van der Waals surface area contributed by atoms with Gasteiger partial charge >= 0.3 is 0 Å². The molecule has 0 atom stereocenters. The van der Waals surface area contributed by atoms with Gasteiger partial charge in [-0.3, -0.25) is 0 Å². The molecule has 0 aromatic heterocycles. The predicted octanol–water partition coefficient (Wildman–Crippen LogP) is 9.24. The van der Waals surface area contributed by atoms with Gasteiger partial charge in [0.15, 0.2) is 0 Å². The highest BCUT2D eigenvalue weighted by Crippen LogP contribution is 2.44. The molecule has 0 aliphatic carbocycles. The second-order valence-electron chi connectivity index (χ2n) is 7.91. The minimum atomic E-state index is 1.12. The van der Waals surface area contributed by atoms with E-state index in [9.17, 15) is 0 Å². The van der Waals surface area contributed by atoms with Gasteiger partial charge in [0, 0.05) is 10.0 Å². The van der Waals surface area contributed by atoms with Gasteiger partial charge in [0.1, 0.15) is 0 Å². The lowest BCUT2D eigenvalue weighted by Gasteiger charge is -2.18. The first kappa shape index (κ1) is 18.4. The summed E-state index contributed by atoms with van der Waals surface area (Å²) >= 11 is 3.89. The monoisotopic (exact) mass is 458 g/mol. The van der Waals surface area contributed by atoms with Crippen molar-refractivity contribution in [2.75, 3.05) is 0 Å². The molecule has 0 unspecified atom stereocenters. The normalized spacial score (nSPS) is 11.4. The van der Waals surface area contributed by atoms with Gasteiger partial charge in [-0.05, 0) is 61.1 Å². The Bertz CT molecular complexity index is 1590. The molecule has 0 nitrogen and oxygen atoms in total. The molecule has 0 spiro atoms. The van der Waals surface area contributed by atoms with Gasteiger partial charge in [-0.15, -0.1) is 0 Å². The number of rotatable bonds is 2. The van der Waals surface area contributed by atoms with E-state index in [1.165, 1.54) is 54.6 Å². The summed E-state index contributed by atoms with van der Waals surface area (Å²) < 4.78 is 1.12. The van der Waals surface area contributed by atoms with E-state index in [1.54, 1.807) is 0 Å². The van der Waals surface area contributed by atoms with Crippen LogP contribution < -0.4 is 0 Å². The SMILES string of the molecule is Brc1ccc2ccccc2c1-c1c(-c2ccc3ccccc3c2)ccc2ccccc12. The van der Waals surface area contributed by atoms with E-state index in [4.69, 9.17) is 0 Å². The Morgan fingerprint density at radius 3 is 1.71 bits per heavy atom. The minimum absolute atomic E-state index is 1.12. The summed E-state index contributed by atoms with van der Waals surface area (Å²) in [6.45, 7) is 0. The van der Waals surface area contributed by atoms with E-state index < -0.39 is 0 Å². The van der Waals surface area contributed by atoms with Crippen LogP contribution >= 0.6 is 15.9 Å². The summed E-state index contributed by atoms with van der Waals surface area (Å²) in [6.07, 6.45) is 0. The van der Waals surface area contributed by atoms with E-state index in [-0.39, 0.29) is 0 Å². The Morgan fingerprint density at radius 2 is 0.968 bits per heavy atom. The molecule has 0 N–H and O–H groups in total.